The second-order valence-electron chi connectivity index (χ2n) is 5.94. The zero-order valence-electron chi connectivity index (χ0n) is 14.5. The number of nitrogens with zero attached hydrogens (tertiary/aromatic N) is 1. The van der Waals surface area contributed by atoms with Crippen molar-refractivity contribution < 1.29 is 19.1 Å². The average Bonchev–Trinajstić information content (AvgIpc) is 3.06. The first-order valence-corrected chi connectivity index (χ1v) is 8.33. The molecule has 1 heterocycles. The Balaban J connectivity index is 1.57. The lowest BCUT2D eigenvalue weighted by Crippen LogP contribution is -2.24. The predicted octanol–water partition coefficient (Wildman–Crippen LogP) is 2.42. The van der Waals surface area contributed by atoms with E-state index in [1.54, 1.807) is 41.3 Å². The number of amides is 2. The second-order valence-corrected chi connectivity index (χ2v) is 5.94. The highest BCUT2D eigenvalue weighted by Crippen LogP contribution is 2.26. The summed E-state index contributed by atoms with van der Waals surface area (Å²) in [5.74, 6) is 0.883. The van der Waals surface area contributed by atoms with Gasteiger partial charge in [0.2, 0.25) is 5.91 Å². The summed E-state index contributed by atoms with van der Waals surface area (Å²) in [6.45, 7) is 0.561. The Labute approximate surface area is 151 Å². The Morgan fingerprint density at radius 3 is 2.81 bits per heavy atom. The molecule has 2 amide bonds. The summed E-state index contributed by atoms with van der Waals surface area (Å²) in [7, 11) is 1.53. The molecule has 0 radical (unpaired) electrons. The fourth-order valence-electron chi connectivity index (χ4n) is 2.82. The normalized spacial score (nSPS) is 13.6. The number of hydrogen-bond acceptors (Lipinski definition) is 5. The van der Waals surface area contributed by atoms with Gasteiger partial charge in [-0.05, 0) is 36.8 Å². The molecule has 0 spiro atoms. The minimum Gasteiger partial charge on any atom is -0.495 e. The van der Waals surface area contributed by atoms with Crippen LogP contribution in [0.2, 0.25) is 0 Å². The van der Waals surface area contributed by atoms with Gasteiger partial charge in [0.1, 0.15) is 11.5 Å². The first-order chi connectivity index (χ1) is 12.6. The highest BCUT2D eigenvalue weighted by Gasteiger charge is 2.21. The van der Waals surface area contributed by atoms with E-state index in [0.717, 1.165) is 12.1 Å². The van der Waals surface area contributed by atoms with Gasteiger partial charge in [-0.2, -0.15) is 0 Å². The van der Waals surface area contributed by atoms with Crippen LogP contribution in [0.3, 0.4) is 0 Å². The monoisotopic (exact) mass is 355 g/mol. The summed E-state index contributed by atoms with van der Waals surface area (Å²) in [4.78, 5) is 25.6. The first kappa shape index (κ1) is 17.6. The Kier molecular flexibility index (Phi) is 5.26. The molecule has 1 aliphatic rings. The van der Waals surface area contributed by atoms with Crippen molar-refractivity contribution in [2.45, 2.75) is 12.8 Å². The van der Waals surface area contributed by atoms with E-state index in [2.05, 4.69) is 5.32 Å². The third kappa shape index (κ3) is 4.05. The number of anilines is 3. The average molecular weight is 355 g/mol. The zero-order chi connectivity index (χ0) is 18.5. The van der Waals surface area contributed by atoms with E-state index < -0.39 is 0 Å². The number of nitrogen functional groups attached to an aromatic ring is 1. The molecule has 1 aliphatic heterocycles. The smallest absolute Gasteiger partial charge is 0.262 e. The van der Waals surface area contributed by atoms with Crippen LogP contribution in [0, 0.1) is 0 Å². The van der Waals surface area contributed by atoms with Gasteiger partial charge in [-0.15, -0.1) is 0 Å². The van der Waals surface area contributed by atoms with Gasteiger partial charge in [0.25, 0.3) is 5.91 Å². The Bertz CT molecular complexity index is 822. The lowest BCUT2D eigenvalue weighted by atomic mass is 10.2. The molecule has 1 fully saturated rings. The highest BCUT2D eigenvalue weighted by molar-refractivity contribution is 5.95. The molecule has 26 heavy (non-hydrogen) atoms. The standard InChI is InChI=1S/C19H21N3O4/c1-25-17-8-7-13(10-16(17)20)21-18(23)12-26-15-5-2-4-14(11-15)22-9-3-6-19(22)24/h2,4-5,7-8,10-11H,3,6,9,12,20H2,1H3,(H,21,23). The molecule has 0 aliphatic carbocycles. The van der Waals surface area contributed by atoms with Crippen LogP contribution in [0.1, 0.15) is 12.8 Å². The molecule has 0 aromatic heterocycles. The Morgan fingerprint density at radius 2 is 2.12 bits per heavy atom. The van der Waals surface area contributed by atoms with E-state index in [0.29, 0.717) is 35.8 Å². The summed E-state index contributed by atoms with van der Waals surface area (Å²) >= 11 is 0. The minimum atomic E-state index is -0.308. The summed E-state index contributed by atoms with van der Waals surface area (Å²) in [5, 5.41) is 2.72. The van der Waals surface area contributed by atoms with Crippen LogP contribution in [-0.2, 0) is 9.59 Å². The molecule has 0 saturated carbocycles. The van der Waals surface area contributed by atoms with Gasteiger partial charge in [0.15, 0.2) is 6.61 Å². The number of hydrogen-bond donors (Lipinski definition) is 2. The molecule has 2 aromatic carbocycles. The summed E-state index contributed by atoms with van der Waals surface area (Å²) in [5.41, 5.74) is 7.61. The van der Waals surface area contributed by atoms with Gasteiger partial charge in [0.05, 0.1) is 12.8 Å². The highest BCUT2D eigenvalue weighted by atomic mass is 16.5. The third-order valence-electron chi connectivity index (χ3n) is 4.09. The number of benzene rings is 2. The zero-order valence-corrected chi connectivity index (χ0v) is 14.5. The topological polar surface area (TPSA) is 93.9 Å². The van der Waals surface area contributed by atoms with Crippen LogP contribution >= 0.6 is 0 Å². The molecule has 3 N–H and O–H groups in total. The quantitative estimate of drug-likeness (QED) is 0.776. The minimum absolute atomic E-state index is 0.108. The van der Waals surface area contributed by atoms with E-state index in [1.807, 2.05) is 6.07 Å². The van der Waals surface area contributed by atoms with Crippen molar-refractivity contribution in [3.8, 4) is 11.5 Å². The van der Waals surface area contributed by atoms with Crippen molar-refractivity contribution >= 4 is 28.9 Å². The van der Waals surface area contributed by atoms with Crippen LogP contribution in [0.5, 0.6) is 11.5 Å². The molecule has 1 saturated heterocycles. The van der Waals surface area contributed by atoms with E-state index in [9.17, 15) is 9.59 Å². The largest absolute Gasteiger partial charge is 0.495 e. The lowest BCUT2D eigenvalue weighted by Gasteiger charge is -2.16. The van der Waals surface area contributed by atoms with Crippen molar-refractivity contribution in [3.05, 3.63) is 42.5 Å². The summed E-state index contributed by atoms with van der Waals surface area (Å²) < 4.78 is 10.6. The lowest BCUT2D eigenvalue weighted by molar-refractivity contribution is -0.118. The van der Waals surface area contributed by atoms with Gasteiger partial charge >= 0.3 is 0 Å². The third-order valence-corrected chi connectivity index (χ3v) is 4.09. The molecule has 2 aromatic rings. The van der Waals surface area contributed by atoms with Crippen LogP contribution in [-0.4, -0.2) is 32.1 Å². The van der Waals surface area contributed by atoms with Gasteiger partial charge in [-0.3, -0.25) is 9.59 Å². The number of methoxy groups -OCH3 is 1. The molecule has 7 nitrogen and oxygen atoms in total. The van der Waals surface area contributed by atoms with E-state index >= 15 is 0 Å². The predicted molar refractivity (Wildman–Crippen MR) is 99.6 cm³/mol. The fourth-order valence-corrected chi connectivity index (χ4v) is 2.82. The number of nitrogens with one attached hydrogen (secondary N) is 1. The van der Waals surface area contributed by atoms with Gasteiger partial charge < -0.3 is 25.4 Å². The number of carbonyl (C=O) groups is 2. The van der Waals surface area contributed by atoms with Crippen LogP contribution in [0.4, 0.5) is 17.1 Å². The maximum Gasteiger partial charge on any atom is 0.262 e. The molecule has 3 rings (SSSR count). The molecule has 0 atom stereocenters. The van der Waals surface area contributed by atoms with Crippen LogP contribution < -0.4 is 25.4 Å². The van der Waals surface area contributed by atoms with Crippen molar-refractivity contribution in [2.75, 3.05) is 36.2 Å². The van der Waals surface area contributed by atoms with Gasteiger partial charge in [-0.25, -0.2) is 0 Å². The number of carbonyl (C=O) groups excluding carboxylic acids is 2. The number of nitrogens with two attached hydrogens (primary N) is 1. The van der Waals surface area contributed by atoms with E-state index in [4.69, 9.17) is 15.2 Å². The fraction of sp³-hybridized carbons (Fsp3) is 0.263. The molecule has 136 valence electrons. The number of ether oxygens (including phenoxy) is 2. The summed E-state index contributed by atoms with van der Waals surface area (Å²) in [6.07, 6.45) is 1.43. The van der Waals surface area contributed by atoms with Crippen molar-refractivity contribution in [3.63, 3.8) is 0 Å². The van der Waals surface area contributed by atoms with Crippen molar-refractivity contribution in [1.29, 1.82) is 0 Å². The second kappa shape index (κ2) is 7.77. The SMILES string of the molecule is COc1ccc(NC(=O)COc2cccc(N3CCCC3=O)c2)cc1N. The number of rotatable bonds is 6. The molecule has 7 heteroatoms. The van der Waals surface area contributed by atoms with Crippen LogP contribution in [0.25, 0.3) is 0 Å². The van der Waals surface area contributed by atoms with Crippen molar-refractivity contribution in [1.82, 2.24) is 0 Å². The van der Waals surface area contributed by atoms with E-state index in [-0.39, 0.29) is 18.4 Å². The van der Waals surface area contributed by atoms with Crippen molar-refractivity contribution in [2.24, 2.45) is 0 Å². The molecular formula is C19H21N3O4. The molecule has 0 bridgehead atoms. The van der Waals surface area contributed by atoms with E-state index in [1.165, 1.54) is 7.11 Å². The molecular weight excluding hydrogens is 334 g/mol. The molecule has 0 unspecified atom stereocenters. The van der Waals surface area contributed by atoms with Gasteiger partial charge in [-0.1, -0.05) is 6.07 Å². The maximum atomic E-state index is 12.1. The van der Waals surface area contributed by atoms with Gasteiger partial charge in [0, 0.05) is 30.4 Å². The Morgan fingerprint density at radius 1 is 1.27 bits per heavy atom. The maximum absolute atomic E-state index is 12.1. The summed E-state index contributed by atoms with van der Waals surface area (Å²) in [6, 6.07) is 12.2. The van der Waals surface area contributed by atoms with Crippen LogP contribution in [0.15, 0.2) is 42.5 Å². The first-order valence-electron chi connectivity index (χ1n) is 8.33. The Hall–Kier alpha value is -3.22.